The van der Waals surface area contributed by atoms with E-state index in [-0.39, 0.29) is 0 Å². The van der Waals surface area contributed by atoms with Crippen LogP contribution in [0.5, 0.6) is 0 Å². The summed E-state index contributed by atoms with van der Waals surface area (Å²) in [6.45, 7) is 0. The van der Waals surface area contributed by atoms with E-state index in [1.807, 2.05) is 22.7 Å². The molecule has 3 aromatic heterocycles. The first-order valence-corrected chi connectivity index (χ1v) is 5.67. The van der Waals surface area contributed by atoms with Crippen LogP contribution >= 0.6 is 27.5 Å². The minimum atomic E-state index is 0.337. The van der Waals surface area contributed by atoms with Crippen molar-refractivity contribution in [2.45, 2.75) is 0 Å². The van der Waals surface area contributed by atoms with E-state index in [1.54, 1.807) is 12.1 Å². The number of nitrogens with zero attached hydrogens (tertiary/aromatic N) is 3. The summed E-state index contributed by atoms with van der Waals surface area (Å²) >= 11 is 9.10. The number of halogens is 2. The number of hydrogen-bond acceptors (Lipinski definition) is 3. The fourth-order valence-corrected chi connectivity index (χ4v) is 1.94. The lowest BCUT2D eigenvalue weighted by molar-refractivity contribution is 0.578. The Labute approximate surface area is 104 Å². The second kappa shape index (κ2) is 3.61. The van der Waals surface area contributed by atoms with Crippen molar-refractivity contribution in [2.24, 2.45) is 0 Å². The zero-order valence-electron chi connectivity index (χ0n) is 7.89. The Morgan fingerprint density at radius 2 is 2.12 bits per heavy atom. The molecule has 0 aromatic carbocycles. The number of hydrogen-bond donors (Lipinski definition) is 0. The molecule has 80 valence electrons. The van der Waals surface area contributed by atoms with E-state index in [4.69, 9.17) is 16.0 Å². The van der Waals surface area contributed by atoms with E-state index in [0.29, 0.717) is 16.8 Å². The lowest BCUT2D eigenvalue weighted by Crippen LogP contribution is -1.87. The molecular formula is C10H5BrClN3O. The van der Waals surface area contributed by atoms with Crippen molar-refractivity contribution in [3.05, 3.63) is 40.2 Å². The summed E-state index contributed by atoms with van der Waals surface area (Å²) in [5, 5.41) is 8.44. The predicted molar refractivity (Wildman–Crippen MR) is 63.4 cm³/mol. The maximum Gasteiger partial charge on any atom is 0.204 e. The average molecular weight is 299 g/mol. The quantitative estimate of drug-likeness (QED) is 0.691. The zero-order valence-corrected chi connectivity index (χ0v) is 10.2. The van der Waals surface area contributed by atoms with Crippen LogP contribution < -0.4 is 0 Å². The highest BCUT2D eigenvalue weighted by atomic mass is 79.9. The SMILES string of the molecule is Clc1ccc(-c2nnc3cc(Br)ccn23)o1. The van der Waals surface area contributed by atoms with Gasteiger partial charge in [0.1, 0.15) is 0 Å². The van der Waals surface area contributed by atoms with Crippen LogP contribution in [0.25, 0.3) is 17.2 Å². The van der Waals surface area contributed by atoms with Crippen molar-refractivity contribution in [3.8, 4) is 11.6 Å². The van der Waals surface area contributed by atoms with Gasteiger partial charge in [0.05, 0.1) is 0 Å². The van der Waals surface area contributed by atoms with Gasteiger partial charge in [-0.25, -0.2) is 0 Å². The molecule has 0 atom stereocenters. The van der Waals surface area contributed by atoms with Crippen molar-refractivity contribution in [2.75, 3.05) is 0 Å². The van der Waals surface area contributed by atoms with Crippen LogP contribution in [-0.4, -0.2) is 14.6 Å². The Balaban J connectivity index is 2.25. The van der Waals surface area contributed by atoms with E-state index < -0.39 is 0 Å². The largest absolute Gasteiger partial charge is 0.441 e. The second-order valence-corrected chi connectivity index (χ2v) is 4.49. The smallest absolute Gasteiger partial charge is 0.204 e. The number of aromatic nitrogens is 3. The van der Waals surface area contributed by atoms with Crippen molar-refractivity contribution < 1.29 is 4.42 Å². The summed E-state index contributed by atoms with van der Waals surface area (Å²) in [6.07, 6.45) is 1.87. The molecule has 0 aliphatic carbocycles. The Morgan fingerprint density at radius 3 is 2.88 bits per heavy atom. The van der Waals surface area contributed by atoms with Gasteiger partial charge in [0.2, 0.25) is 5.82 Å². The van der Waals surface area contributed by atoms with Crippen molar-refractivity contribution >= 4 is 33.2 Å². The van der Waals surface area contributed by atoms with Gasteiger partial charge in [-0.3, -0.25) is 4.40 Å². The number of fused-ring (bicyclic) bond motifs is 1. The Hall–Kier alpha value is -1.33. The van der Waals surface area contributed by atoms with E-state index in [1.165, 1.54) is 0 Å². The van der Waals surface area contributed by atoms with Crippen molar-refractivity contribution in [1.82, 2.24) is 14.6 Å². The average Bonchev–Trinajstić information content (AvgIpc) is 2.83. The lowest BCUT2D eigenvalue weighted by atomic mass is 10.4. The minimum Gasteiger partial charge on any atom is -0.441 e. The van der Waals surface area contributed by atoms with Crippen LogP contribution in [0, 0.1) is 0 Å². The highest BCUT2D eigenvalue weighted by Crippen LogP contribution is 2.24. The van der Waals surface area contributed by atoms with Crippen molar-refractivity contribution in [1.29, 1.82) is 0 Å². The van der Waals surface area contributed by atoms with E-state index in [0.717, 1.165) is 10.1 Å². The molecule has 0 radical (unpaired) electrons. The summed E-state index contributed by atoms with van der Waals surface area (Å²) in [5.41, 5.74) is 0.747. The van der Waals surface area contributed by atoms with Gasteiger partial charge in [-0.05, 0) is 35.9 Å². The van der Waals surface area contributed by atoms with Gasteiger partial charge >= 0.3 is 0 Å². The van der Waals surface area contributed by atoms with E-state index >= 15 is 0 Å². The number of pyridine rings is 1. The van der Waals surface area contributed by atoms with Crippen LogP contribution in [0.2, 0.25) is 5.22 Å². The van der Waals surface area contributed by atoms with Gasteiger partial charge in [0.15, 0.2) is 16.6 Å². The maximum atomic E-state index is 5.72. The van der Waals surface area contributed by atoms with Crippen molar-refractivity contribution in [3.63, 3.8) is 0 Å². The highest BCUT2D eigenvalue weighted by Gasteiger charge is 2.11. The first-order valence-electron chi connectivity index (χ1n) is 4.50. The summed E-state index contributed by atoms with van der Waals surface area (Å²) in [5.74, 6) is 1.23. The first-order chi connectivity index (χ1) is 7.74. The predicted octanol–water partition coefficient (Wildman–Crippen LogP) is 3.41. The standard InChI is InChI=1S/C10H5BrClN3O/c11-6-3-4-15-9(5-6)13-14-10(15)7-1-2-8(12)16-7/h1-5H. The van der Waals surface area contributed by atoms with Crippen LogP contribution in [0.4, 0.5) is 0 Å². The van der Waals surface area contributed by atoms with Gasteiger partial charge in [0.25, 0.3) is 0 Å². The lowest BCUT2D eigenvalue weighted by Gasteiger charge is -1.96. The Kier molecular flexibility index (Phi) is 2.22. The molecule has 0 aliphatic rings. The van der Waals surface area contributed by atoms with Crippen LogP contribution in [0.1, 0.15) is 0 Å². The molecule has 0 saturated carbocycles. The molecule has 3 rings (SSSR count). The first kappa shape index (κ1) is 9.86. The van der Waals surface area contributed by atoms with E-state index in [9.17, 15) is 0 Å². The molecule has 0 N–H and O–H groups in total. The maximum absolute atomic E-state index is 5.72. The molecule has 0 fully saturated rings. The molecule has 0 aliphatic heterocycles. The molecule has 0 amide bonds. The third kappa shape index (κ3) is 1.52. The second-order valence-electron chi connectivity index (χ2n) is 3.20. The molecule has 0 bridgehead atoms. The third-order valence-electron chi connectivity index (χ3n) is 2.17. The zero-order chi connectivity index (χ0) is 11.1. The molecule has 3 aromatic rings. The van der Waals surface area contributed by atoms with Gasteiger partial charge in [-0.2, -0.15) is 0 Å². The van der Waals surface area contributed by atoms with E-state index in [2.05, 4.69) is 26.1 Å². The van der Waals surface area contributed by atoms with Crippen LogP contribution in [0.15, 0.2) is 39.4 Å². The van der Waals surface area contributed by atoms with Crippen LogP contribution in [-0.2, 0) is 0 Å². The summed E-state index contributed by atoms with van der Waals surface area (Å²) < 4.78 is 8.08. The molecule has 0 unspecified atom stereocenters. The van der Waals surface area contributed by atoms with Gasteiger partial charge in [-0.15, -0.1) is 10.2 Å². The van der Waals surface area contributed by atoms with Crippen LogP contribution in [0.3, 0.4) is 0 Å². The fraction of sp³-hybridized carbons (Fsp3) is 0. The number of furan rings is 1. The minimum absolute atomic E-state index is 0.337. The van der Waals surface area contributed by atoms with Gasteiger partial charge < -0.3 is 4.42 Å². The molecule has 0 spiro atoms. The van der Waals surface area contributed by atoms with Gasteiger partial charge in [0, 0.05) is 10.7 Å². The highest BCUT2D eigenvalue weighted by molar-refractivity contribution is 9.10. The summed E-state index contributed by atoms with van der Waals surface area (Å²) in [7, 11) is 0. The molecule has 16 heavy (non-hydrogen) atoms. The molecule has 0 saturated heterocycles. The Morgan fingerprint density at radius 1 is 1.25 bits per heavy atom. The summed E-state index contributed by atoms with van der Waals surface area (Å²) in [6, 6.07) is 7.23. The Bertz CT molecular complexity index is 661. The molecule has 6 heteroatoms. The normalized spacial score (nSPS) is 11.1. The molecule has 3 heterocycles. The summed E-state index contributed by atoms with van der Waals surface area (Å²) in [4.78, 5) is 0. The molecule has 4 nitrogen and oxygen atoms in total. The number of rotatable bonds is 1. The van der Waals surface area contributed by atoms with Gasteiger partial charge in [-0.1, -0.05) is 15.9 Å². The topological polar surface area (TPSA) is 43.3 Å². The fourth-order valence-electron chi connectivity index (χ4n) is 1.47. The molecular weight excluding hydrogens is 293 g/mol. The third-order valence-corrected chi connectivity index (χ3v) is 2.86. The monoisotopic (exact) mass is 297 g/mol.